The molecule has 0 unspecified atom stereocenters. The maximum Gasteiger partial charge on any atom is 0.461 e. The lowest BCUT2D eigenvalue weighted by atomic mass is 10.3. The highest BCUT2D eigenvalue weighted by atomic mass is 19.4. The summed E-state index contributed by atoms with van der Waals surface area (Å²) >= 11 is 0. The molecule has 0 fully saturated rings. The standard InChI is InChI=1S/C5H3F5N2O/c6-4(7,5(8,9)10)2-1-12-3(11)13-2/h1H,(H2,11,12). The van der Waals surface area contributed by atoms with Gasteiger partial charge in [0.05, 0.1) is 6.20 Å². The number of anilines is 1. The van der Waals surface area contributed by atoms with Crippen LogP contribution in [0.15, 0.2) is 10.6 Å². The lowest BCUT2D eigenvalue weighted by Gasteiger charge is -2.15. The fourth-order valence-electron chi connectivity index (χ4n) is 0.572. The van der Waals surface area contributed by atoms with E-state index in [4.69, 9.17) is 5.73 Å². The Hall–Kier alpha value is -1.34. The topological polar surface area (TPSA) is 52.0 Å². The summed E-state index contributed by atoms with van der Waals surface area (Å²) in [4.78, 5) is 2.93. The van der Waals surface area contributed by atoms with Crippen molar-refractivity contribution in [3.8, 4) is 0 Å². The van der Waals surface area contributed by atoms with E-state index in [0.717, 1.165) is 0 Å². The minimum Gasteiger partial charge on any atom is -0.422 e. The zero-order valence-corrected chi connectivity index (χ0v) is 5.90. The molecule has 1 rings (SSSR count). The monoisotopic (exact) mass is 202 g/mol. The van der Waals surface area contributed by atoms with Crippen molar-refractivity contribution in [3.63, 3.8) is 0 Å². The van der Waals surface area contributed by atoms with Gasteiger partial charge in [0.25, 0.3) is 6.01 Å². The molecular weight excluding hydrogens is 199 g/mol. The molecule has 0 saturated carbocycles. The van der Waals surface area contributed by atoms with Crippen molar-refractivity contribution in [1.29, 1.82) is 0 Å². The summed E-state index contributed by atoms with van der Waals surface area (Å²) in [7, 11) is 0. The van der Waals surface area contributed by atoms with E-state index in [0.29, 0.717) is 0 Å². The highest BCUT2D eigenvalue weighted by Crippen LogP contribution is 2.44. The third kappa shape index (κ3) is 1.56. The molecule has 13 heavy (non-hydrogen) atoms. The molecule has 74 valence electrons. The van der Waals surface area contributed by atoms with Gasteiger partial charge in [0.1, 0.15) is 0 Å². The summed E-state index contributed by atoms with van der Waals surface area (Å²) in [5, 5.41) is 0. The number of nitrogens with zero attached hydrogens (tertiary/aromatic N) is 1. The van der Waals surface area contributed by atoms with Gasteiger partial charge in [0.2, 0.25) is 5.76 Å². The van der Waals surface area contributed by atoms with Crippen LogP contribution in [0, 0.1) is 0 Å². The third-order valence-corrected chi connectivity index (χ3v) is 1.19. The summed E-state index contributed by atoms with van der Waals surface area (Å²) in [5.41, 5.74) is 4.74. The molecule has 0 spiro atoms. The summed E-state index contributed by atoms with van der Waals surface area (Å²) in [6.07, 6.45) is -5.47. The number of hydrogen-bond acceptors (Lipinski definition) is 3. The van der Waals surface area contributed by atoms with Gasteiger partial charge in [-0.25, -0.2) is 4.98 Å². The van der Waals surface area contributed by atoms with E-state index in [1.807, 2.05) is 0 Å². The second-order valence-electron chi connectivity index (χ2n) is 2.13. The molecule has 0 aliphatic carbocycles. The highest BCUT2D eigenvalue weighted by Gasteiger charge is 2.61. The van der Waals surface area contributed by atoms with Crippen molar-refractivity contribution >= 4 is 6.01 Å². The Balaban J connectivity index is 3.07. The Labute approximate surface area is 68.3 Å². The first-order valence-corrected chi connectivity index (χ1v) is 2.91. The first-order valence-electron chi connectivity index (χ1n) is 2.91. The number of halogens is 5. The third-order valence-electron chi connectivity index (χ3n) is 1.19. The molecular formula is C5H3F5N2O. The largest absolute Gasteiger partial charge is 0.461 e. The van der Waals surface area contributed by atoms with Crippen LogP contribution in [0.2, 0.25) is 0 Å². The lowest BCUT2D eigenvalue weighted by molar-refractivity contribution is -0.295. The SMILES string of the molecule is Nc1ncc(C(F)(F)C(F)(F)F)o1. The molecule has 0 aromatic carbocycles. The first-order chi connectivity index (χ1) is 5.75. The van der Waals surface area contributed by atoms with E-state index in [9.17, 15) is 22.0 Å². The van der Waals surface area contributed by atoms with E-state index in [1.165, 1.54) is 0 Å². The molecule has 1 heterocycles. The molecule has 0 bridgehead atoms. The summed E-state index contributed by atoms with van der Waals surface area (Å²) in [5.74, 6) is -6.67. The Kier molecular flexibility index (Phi) is 1.93. The van der Waals surface area contributed by atoms with Crippen LogP contribution in [0.3, 0.4) is 0 Å². The van der Waals surface area contributed by atoms with Crippen LogP contribution in [0.1, 0.15) is 5.76 Å². The van der Waals surface area contributed by atoms with Crippen LogP contribution in [-0.4, -0.2) is 11.2 Å². The molecule has 8 heteroatoms. The molecule has 1 aromatic heterocycles. The van der Waals surface area contributed by atoms with E-state index >= 15 is 0 Å². The first kappa shape index (κ1) is 9.75. The van der Waals surface area contributed by atoms with E-state index in [2.05, 4.69) is 9.40 Å². The Bertz CT molecular complexity index is 304. The number of nitrogens with two attached hydrogens (primary N) is 1. The molecule has 2 N–H and O–H groups in total. The van der Waals surface area contributed by atoms with Crippen LogP contribution in [0.25, 0.3) is 0 Å². The lowest BCUT2D eigenvalue weighted by Crippen LogP contribution is -2.33. The zero-order chi connectivity index (χ0) is 10.3. The predicted octanol–water partition coefficient (Wildman–Crippen LogP) is 1.91. The average Bonchev–Trinajstić information content (AvgIpc) is 2.33. The summed E-state index contributed by atoms with van der Waals surface area (Å²) < 4.78 is 63.5. The zero-order valence-electron chi connectivity index (χ0n) is 5.90. The number of hydrogen-bond donors (Lipinski definition) is 1. The Morgan fingerprint density at radius 1 is 1.23 bits per heavy atom. The molecule has 3 nitrogen and oxygen atoms in total. The normalized spacial score (nSPS) is 13.3. The molecule has 0 aliphatic heterocycles. The summed E-state index contributed by atoms with van der Waals surface area (Å²) in [6, 6.07) is -0.737. The van der Waals surface area contributed by atoms with Crippen LogP contribution >= 0.6 is 0 Å². The second-order valence-corrected chi connectivity index (χ2v) is 2.13. The van der Waals surface area contributed by atoms with Crippen LogP contribution < -0.4 is 5.73 Å². The van der Waals surface area contributed by atoms with E-state index in [1.54, 1.807) is 0 Å². The van der Waals surface area contributed by atoms with Gasteiger partial charge >= 0.3 is 12.1 Å². The minimum atomic E-state index is -5.71. The smallest absolute Gasteiger partial charge is 0.422 e. The maximum atomic E-state index is 12.4. The molecule has 0 aliphatic rings. The van der Waals surface area contributed by atoms with Gasteiger partial charge in [-0.2, -0.15) is 22.0 Å². The van der Waals surface area contributed by atoms with Crippen LogP contribution in [0.5, 0.6) is 0 Å². The quantitative estimate of drug-likeness (QED) is 0.707. The van der Waals surface area contributed by atoms with Crippen molar-refractivity contribution in [2.24, 2.45) is 0 Å². The number of nitrogen functional groups attached to an aromatic ring is 1. The van der Waals surface area contributed by atoms with Crippen molar-refractivity contribution in [3.05, 3.63) is 12.0 Å². The number of aromatic nitrogens is 1. The molecule has 1 aromatic rings. The minimum absolute atomic E-state index is 0.239. The summed E-state index contributed by atoms with van der Waals surface area (Å²) in [6.45, 7) is 0. The van der Waals surface area contributed by atoms with Crippen molar-refractivity contribution in [2.75, 3.05) is 5.73 Å². The van der Waals surface area contributed by atoms with Gasteiger partial charge in [-0.05, 0) is 0 Å². The van der Waals surface area contributed by atoms with Crippen LogP contribution in [0.4, 0.5) is 28.0 Å². The maximum absolute atomic E-state index is 12.4. The molecule has 0 radical (unpaired) electrons. The highest BCUT2D eigenvalue weighted by molar-refractivity contribution is 5.15. The number of rotatable bonds is 1. The fraction of sp³-hybridized carbons (Fsp3) is 0.400. The second kappa shape index (κ2) is 2.57. The number of oxazole rings is 1. The molecule has 0 saturated heterocycles. The van der Waals surface area contributed by atoms with E-state index in [-0.39, 0.29) is 6.20 Å². The van der Waals surface area contributed by atoms with Crippen molar-refractivity contribution < 1.29 is 26.4 Å². The van der Waals surface area contributed by atoms with Gasteiger partial charge in [0, 0.05) is 0 Å². The van der Waals surface area contributed by atoms with E-state index < -0.39 is 23.9 Å². The van der Waals surface area contributed by atoms with Gasteiger partial charge in [-0.1, -0.05) is 0 Å². The Morgan fingerprint density at radius 3 is 2.08 bits per heavy atom. The van der Waals surface area contributed by atoms with Gasteiger partial charge in [0.15, 0.2) is 0 Å². The van der Waals surface area contributed by atoms with Crippen molar-refractivity contribution in [1.82, 2.24) is 4.98 Å². The van der Waals surface area contributed by atoms with Gasteiger partial charge < -0.3 is 10.2 Å². The number of alkyl halides is 5. The predicted molar refractivity (Wildman–Crippen MR) is 30.9 cm³/mol. The fourth-order valence-corrected chi connectivity index (χ4v) is 0.572. The Morgan fingerprint density at radius 2 is 1.77 bits per heavy atom. The van der Waals surface area contributed by atoms with Crippen molar-refractivity contribution in [2.45, 2.75) is 12.1 Å². The van der Waals surface area contributed by atoms with Crippen LogP contribution in [-0.2, 0) is 5.92 Å². The van der Waals surface area contributed by atoms with Gasteiger partial charge in [-0.3, -0.25) is 0 Å². The molecule has 0 atom stereocenters. The van der Waals surface area contributed by atoms with Gasteiger partial charge in [-0.15, -0.1) is 0 Å². The average molecular weight is 202 g/mol. The molecule has 0 amide bonds.